The standard InChI is InChI=1S/C17H22N2O3/c1-11-12(2)22-9-8-19(11)17(21)16(20)18-15-7-6-13-4-3-5-14(13)10-15/h6-7,10-12H,3-5,8-9H2,1-2H3,(H,18,20)/t11-,12+/m1/s1. The lowest BCUT2D eigenvalue weighted by atomic mass is 10.1. The van der Waals surface area contributed by atoms with Crippen molar-refractivity contribution in [1.29, 1.82) is 0 Å². The first-order valence-corrected chi connectivity index (χ1v) is 7.91. The second-order valence-electron chi connectivity index (χ2n) is 6.11. The molecule has 1 fully saturated rings. The van der Waals surface area contributed by atoms with Crippen LogP contribution in [0.3, 0.4) is 0 Å². The van der Waals surface area contributed by atoms with E-state index >= 15 is 0 Å². The van der Waals surface area contributed by atoms with E-state index in [1.54, 1.807) is 4.90 Å². The van der Waals surface area contributed by atoms with E-state index in [1.165, 1.54) is 11.1 Å². The number of ether oxygens (including phenoxy) is 1. The van der Waals surface area contributed by atoms with Crippen molar-refractivity contribution in [2.24, 2.45) is 0 Å². The van der Waals surface area contributed by atoms with Crippen molar-refractivity contribution in [2.75, 3.05) is 18.5 Å². The van der Waals surface area contributed by atoms with Crippen LogP contribution in [-0.2, 0) is 27.2 Å². The van der Waals surface area contributed by atoms with Crippen molar-refractivity contribution in [1.82, 2.24) is 4.90 Å². The molecule has 5 heteroatoms. The molecule has 0 spiro atoms. The van der Waals surface area contributed by atoms with Crippen molar-refractivity contribution in [3.8, 4) is 0 Å². The average Bonchev–Trinajstić information content (AvgIpc) is 2.97. The quantitative estimate of drug-likeness (QED) is 0.804. The van der Waals surface area contributed by atoms with E-state index in [4.69, 9.17) is 4.74 Å². The van der Waals surface area contributed by atoms with Crippen LogP contribution in [0.4, 0.5) is 5.69 Å². The second kappa shape index (κ2) is 6.08. The minimum absolute atomic E-state index is 0.0505. The zero-order chi connectivity index (χ0) is 15.7. The molecule has 3 rings (SSSR count). The first-order chi connectivity index (χ1) is 10.6. The second-order valence-corrected chi connectivity index (χ2v) is 6.11. The summed E-state index contributed by atoms with van der Waals surface area (Å²) in [7, 11) is 0. The summed E-state index contributed by atoms with van der Waals surface area (Å²) >= 11 is 0. The fourth-order valence-corrected chi connectivity index (χ4v) is 3.18. The van der Waals surface area contributed by atoms with Crippen molar-refractivity contribution in [3.63, 3.8) is 0 Å². The average molecular weight is 302 g/mol. The summed E-state index contributed by atoms with van der Waals surface area (Å²) in [5.74, 6) is -1.05. The van der Waals surface area contributed by atoms with Gasteiger partial charge in [-0.3, -0.25) is 9.59 Å². The van der Waals surface area contributed by atoms with E-state index in [9.17, 15) is 9.59 Å². The predicted molar refractivity (Wildman–Crippen MR) is 83.7 cm³/mol. The first-order valence-electron chi connectivity index (χ1n) is 7.91. The zero-order valence-electron chi connectivity index (χ0n) is 13.1. The van der Waals surface area contributed by atoms with Crippen LogP contribution in [0.2, 0.25) is 0 Å². The van der Waals surface area contributed by atoms with Crippen molar-refractivity contribution in [2.45, 2.75) is 45.3 Å². The van der Waals surface area contributed by atoms with Gasteiger partial charge in [-0.1, -0.05) is 6.07 Å². The van der Waals surface area contributed by atoms with Gasteiger partial charge in [0.05, 0.1) is 18.8 Å². The van der Waals surface area contributed by atoms with E-state index in [1.807, 2.05) is 32.0 Å². The number of aryl methyl sites for hydroxylation is 2. The molecule has 1 saturated heterocycles. The molecule has 0 aromatic heterocycles. The Bertz CT molecular complexity index is 600. The van der Waals surface area contributed by atoms with Gasteiger partial charge in [-0.25, -0.2) is 0 Å². The molecule has 1 aliphatic carbocycles. The number of benzene rings is 1. The molecule has 0 bridgehead atoms. The molecule has 5 nitrogen and oxygen atoms in total. The lowest BCUT2D eigenvalue weighted by Crippen LogP contribution is -2.54. The van der Waals surface area contributed by atoms with Crippen molar-refractivity contribution < 1.29 is 14.3 Å². The number of carbonyl (C=O) groups is 2. The topological polar surface area (TPSA) is 58.6 Å². The molecule has 1 aliphatic heterocycles. The number of fused-ring (bicyclic) bond motifs is 1. The molecule has 2 aliphatic rings. The third-order valence-corrected chi connectivity index (χ3v) is 4.70. The number of amides is 2. The highest BCUT2D eigenvalue weighted by Gasteiger charge is 2.32. The highest BCUT2D eigenvalue weighted by atomic mass is 16.5. The van der Waals surface area contributed by atoms with E-state index < -0.39 is 11.8 Å². The maximum Gasteiger partial charge on any atom is 0.313 e. The minimum atomic E-state index is -0.570. The van der Waals surface area contributed by atoms with Crippen LogP contribution in [0.25, 0.3) is 0 Å². The molecule has 1 aromatic carbocycles. The summed E-state index contributed by atoms with van der Waals surface area (Å²) in [6.45, 7) is 4.76. The van der Waals surface area contributed by atoms with Crippen LogP contribution < -0.4 is 5.32 Å². The molecule has 2 atom stereocenters. The van der Waals surface area contributed by atoms with E-state index in [-0.39, 0.29) is 12.1 Å². The monoisotopic (exact) mass is 302 g/mol. The number of rotatable bonds is 1. The Kier molecular flexibility index (Phi) is 4.16. The van der Waals surface area contributed by atoms with Gasteiger partial charge >= 0.3 is 11.8 Å². The Morgan fingerprint density at radius 2 is 2.00 bits per heavy atom. The fourth-order valence-electron chi connectivity index (χ4n) is 3.18. The van der Waals surface area contributed by atoms with Crippen molar-refractivity contribution in [3.05, 3.63) is 29.3 Å². The molecule has 118 valence electrons. The summed E-state index contributed by atoms with van der Waals surface area (Å²) in [5, 5.41) is 2.73. The summed E-state index contributed by atoms with van der Waals surface area (Å²) in [4.78, 5) is 26.2. The smallest absolute Gasteiger partial charge is 0.313 e. The number of nitrogens with zero attached hydrogens (tertiary/aromatic N) is 1. The molecule has 2 amide bonds. The van der Waals surface area contributed by atoms with Gasteiger partial charge in [-0.15, -0.1) is 0 Å². The van der Waals surface area contributed by atoms with Gasteiger partial charge in [0.2, 0.25) is 0 Å². The Labute approximate surface area is 130 Å². The van der Waals surface area contributed by atoms with E-state index in [2.05, 4.69) is 5.32 Å². The summed E-state index contributed by atoms with van der Waals surface area (Å²) in [6, 6.07) is 5.81. The number of hydrogen-bond acceptors (Lipinski definition) is 3. The Morgan fingerprint density at radius 1 is 1.23 bits per heavy atom. The number of hydrogen-bond donors (Lipinski definition) is 1. The molecule has 0 radical (unpaired) electrons. The Hall–Kier alpha value is -1.88. The molecule has 0 saturated carbocycles. The molecular formula is C17H22N2O3. The molecule has 22 heavy (non-hydrogen) atoms. The van der Waals surface area contributed by atoms with Gasteiger partial charge in [0, 0.05) is 12.2 Å². The Balaban J connectivity index is 1.67. The summed E-state index contributed by atoms with van der Waals surface area (Å²) in [6.07, 6.45) is 3.26. The van der Waals surface area contributed by atoms with Gasteiger partial charge in [0.1, 0.15) is 0 Å². The van der Waals surface area contributed by atoms with Gasteiger partial charge in [0.25, 0.3) is 0 Å². The minimum Gasteiger partial charge on any atom is -0.375 e. The number of nitrogens with one attached hydrogen (secondary N) is 1. The molecule has 1 N–H and O–H groups in total. The third kappa shape index (κ3) is 2.86. The third-order valence-electron chi connectivity index (χ3n) is 4.70. The van der Waals surface area contributed by atoms with Crippen LogP contribution in [0.15, 0.2) is 18.2 Å². The van der Waals surface area contributed by atoms with Crippen LogP contribution >= 0.6 is 0 Å². The van der Waals surface area contributed by atoms with Gasteiger partial charge in [-0.2, -0.15) is 0 Å². The number of anilines is 1. The first kappa shape index (κ1) is 15.0. The largest absolute Gasteiger partial charge is 0.375 e. The number of carbonyl (C=O) groups excluding carboxylic acids is 2. The lowest BCUT2D eigenvalue weighted by molar-refractivity contribution is -0.152. The lowest BCUT2D eigenvalue weighted by Gasteiger charge is -2.37. The molecule has 1 heterocycles. The number of morpholine rings is 1. The summed E-state index contributed by atoms with van der Waals surface area (Å²) < 4.78 is 5.49. The normalized spacial score (nSPS) is 24.0. The van der Waals surface area contributed by atoms with Gasteiger partial charge in [0.15, 0.2) is 0 Å². The van der Waals surface area contributed by atoms with Crippen LogP contribution in [0, 0.1) is 0 Å². The van der Waals surface area contributed by atoms with E-state index in [0.29, 0.717) is 18.8 Å². The van der Waals surface area contributed by atoms with Gasteiger partial charge < -0.3 is 15.0 Å². The summed E-state index contributed by atoms with van der Waals surface area (Å²) in [5.41, 5.74) is 3.33. The fraction of sp³-hybridized carbons (Fsp3) is 0.529. The van der Waals surface area contributed by atoms with Gasteiger partial charge in [-0.05, 0) is 56.4 Å². The SMILES string of the molecule is C[C@@H]1OCCN(C(=O)C(=O)Nc2ccc3c(c2)CCC3)[C@@H]1C. The zero-order valence-corrected chi connectivity index (χ0v) is 13.1. The Morgan fingerprint density at radius 3 is 2.82 bits per heavy atom. The molecule has 1 aromatic rings. The van der Waals surface area contributed by atoms with Crippen LogP contribution in [0.5, 0.6) is 0 Å². The van der Waals surface area contributed by atoms with Crippen LogP contribution in [0.1, 0.15) is 31.4 Å². The molecular weight excluding hydrogens is 280 g/mol. The predicted octanol–water partition coefficient (Wildman–Crippen LogP) is 1.75. The molecule has 0 unspecified atom stereocenters. The highest BCUT2D eigenvalue weighted by Crippen LogP contribution is 2.25. The van der Waals surface area contributed by atoms with E-state index in [0.717, 1.165) is 19.3 Å². The maximum atomic E-state index is 12.4. The van der Waals surface area contributed by atoms with Crippen LogP contribution in [-0.4, -0.2) is 42.0 Å². The van der Waals surface area contributed by atoms with Crippen molar-refractivity contribution >= 4 is 17.5 Å². The maximum absolute atomic E-state index is 12.4. The highest BCUT2D eigenvalue weighted by molar-refractivity contribution is 6.39.